The topological polar surface area (TPSA) is 46.9 Å². The van der Waals surface area contributed by atoms with Gasteiger partial charge in [-0.05, 0) is 48.2 Å². The third kappa shape index (κ3) is 4.82. The van der Waals surface area contributed by atoms with Gasteiger partial charge in [-0.1, -0.05) is 59.7 Å². The van der Waals surface area contributed by atoms with Crippen LogP contribution >= 0.6 is 27.7 Å². The molecule has 0 aliphatic heterocycles. The summed E-state index contributed by atoms with van der Waals surface area (Å²) >= 11 is 4.88. The number of aryl methyl sites for hydroxylation is 1. The highest BCUT2D eigenvalue weighted by Gasteiger charge is 2.14. The van der Waals surface area contributed by atoms with Crippen molar-refractivity contribution in [1.82, 2.24) is 9.55 Å². The fraction of sp³-hybridized carbons (Fsp3) is 0.238. The van der Waals surface area contributed by atoms with Crippen LogP contribution in [0.5, 0.6) is 0 Å². The largest absolute Gasteiger partial charge is 0.325 e. The number of anilines is 1. The molecule has 6 heteroatoms. The van der Waals surface area contributed by atoms with Crippen LogP contribution < -0.4 is 5.32 Å². The molecule has 0 atom stereocenters. The van der Waals surface area contributed by atoms with E-state index >= 15 is 0 Å². The number of hydrogen-bond donors (Lipinski definition) is 1. The number of rotatable bonds is 6. The summed E-state index contributed by atoms with van der Waals surface area (Å²) in [6, 6.07) is 14.1. The number of imidazole rings is 1. The van der Waals surface area contributed by atoms with E-state index in [4.69, 9.17) is 0 Å². The molecule has 0 aliphatic rings. The zero-order chi connectivity index (χ0) is 19.4. The summed E-state index contributed by atoms with van der Waals surface area (Å²) in [6.45, 7) is 6.29. The number of benzene rings is 2. The van der Waals surface area contributed by atoms with Gasteiger partial charge in [0.05, 0.1) is 5.75 Å². The molecule has 0 fully saturated rings. The SMILES string of the molecule is Cc1cccc(C(C)C)c1NC(=O)CSc1nccn1-c1ccc(Br)cc1. The van der Waals surface area contributed by atoms with E-state index in [2.05, 4.69) is 46.1 Å². The molecular weight excluding hydrogens is 422 g/mol. The first-order chi connectivity index (χ1) is 13.0. The number of aromatic nitrogens is 2. The van der Waals surface area contributed by atoms with Crippen molar-refractivity contribution in [2.75, 3.05) is 11.1 Å². The molecule has 0 saturated carbocycles. The number of hydrogen-bond acceptors (Lipinski definition) is 3. The molecule has 0 spiro atoms. The number of carbonyl (C=O) groups is 1. The molecule has 1 heterocycles. The minimum absolute atomic E-state index is 0.0263. The van der Waals surface area contributed by atoms with Crippen molar-refractivity contribution in [3.63, 3.8) is 0 Å². The molecule has 140 valence electrons. The quantitative estimate of drug-likeness (QED) is 0.489. The number of nitrogens with one attached hydrogen (secondary N) is 1. The van der Waals surface area contributed by atoms with Crippen LogP contribution in [0, 0.1) is 6.92 Å². The summed E-state index contributed by atoms with van der Waals surface area (Å²) in [5, 5.41) is 3.88. The maximum atomic E-state index is 12.6. The van der Waals surface area contributed by atoms with Gasteiger partial charge in [0.2, 0.25) is 5.91 Å². The standard InChI is InChI=1S/C21H22BrN3OS/c1-14(2)18-6-4-5-15(3)20(18)24-19(26)13-27-21-23-11-12-25(21)17-9-7-16(22)8-10-17/h4-12,14H,13H2,1-3H3,(H,24,26). The molecule has 0 saturated heterocycles. The van der Waals surface area contributed by atoms with Crippen molar-refractivity contribution < 1.29 is 4.79 Å². The minimum atomic E-state index is -0.0263. The second-order valence-electron chi connectivity index (χ2n) is 6.59. The van der Waals surface area contributed by atoms with Crippen LogP contribution in [0.3, 0.4) is 0 Å². The molecule has 3 aromatic rings. The van der Waals surface area contributed by atoms with Gasteiger partial charge in [-0.25, -0.2) is 4.98 Å². The Kier molecular flexibility index (Phi) is 6.39. The van der Waals surface area contributed by atoms with E-state index in [0.717, 1.165) is 32.1 Å². The van der Waals surface area contributed by atoms with E-state index in [0.29, 0.717) is 11.7 Å². The van der Waals surface area contributed by atoms with Crippen molar-refractivity contribution in [3.05, 3.63) is 70.5 Å². The summed E-state index contributed by atoms with van der Waals surface area (Å²) in [5.74, 6) is 0.630. The smallest absolute Gasteiger partial charge is 0.234 e. The highest BCUT2D eigenvalue weighted by atomic mass is 79.9. The van der Waals surface area contributed by atoms with Crippen molar-refractivity contribution in [3.8, 4) is 5.69 Å². The molecular formula is C21H22BrN3OS. The van der Waals surface area contributed by atoms with Crippen LogP contribution in [0.25, 0.3) is 5.69 Å². The predicted molar refractivity (Wildman–Crippen MR) is 116 cm³/mol. The van der Waals surface area contributed by atoms with Gasteiger partial charge >= 0.3 is 0 Å². The van der Waals surface area contributed by atoms with Gasteiger partial charge in [0.15, 0.2) is 5.16 Å². The summed E-state index contributed by atoms with van der Waals surface area (Å²) in [5.41, 5.74) is 4.18. The van der Waals surface area contributed by atoms with Gasteiger partial charge in [0.25, 0.3) is 0 Å². The van der Waals surface area contributed by atoms with Crippen LogP contribution in [0.2, 0.25) is 0 Å². The lowest BCUT2D eigenvalue weighted by Crippen LogP contribution is -2.17. The van der Waals surface area contributed by atoms with E-state index in [-0.39, 0.29) is 5.91 Å². The summed E-state index contributed by atoms with van der Waals surface area (Å²) in [6.07, 6.45) is 3.65. The molecule has 27 heavy (non-hydrogen) atoms. The van der Waals surface area contributed by atoms with Crippen molar-refractivity contribution in [1.29, 1.82) is 0 Å². The Morgan fingerprint density at radius 2 is 1.96 bits per heavy atom. The molecule has 1 amide bonds. The minimum Gasteiger partial charge on any atom is -0.325 e. The Balaban J connectivity index is 1.70. The normalized spacial score (nSPS) is 11.0. The molecule has 1 aromatic heterocycles. The molecule has 0 radical (unpaired) electrons. The van der Waals surface area contributed by atoms with Crippen molar-refractivity contribution in [2.45, 2.75) is 31.8 Å². The van der Waals surface area contributed by atoms with Gasteiger partial charge in [0, 0.05) is 28.2 Å². The molecule has 3 rings (SSSR count). The van der Waals surface area contributed by atoms with Crippen molar-refractivity contribution in [2.24, 2.45) is 0 Å². The molecule has 0 unspecified atom stereocenters. The number of amides is 1. The number of carbonyl (C=O) groups excluding carboxylic acids is 1. The molecule has 0 aliphatic carbocycles. The number of thioether (sulfide) groups is 1. The van der Waals surface area contributed by atoms with Gasteiger partial charge < -0.3 is 5.32 Å². The second kappa shape index (κ2) is 8.76. The first-order valence-electron chi connectivity index (χ1n) is 8.77. The lowest BCUT2D eigenvalue weighted by atomic mass is 9.98. The Hall–Kier alpha value is -2.05. The zero-order valence-corrected chi connectivity index (χ0v) is 18.0. The monoisotopic (exact) mass is 443 g/mol. The average molecular weight is 444 g/mol. The van der Waals surface area contributed by atoms with Crippen LogP contribution in [-0.4, -0.2) is 21.2 Å². The van der Waals surface area contributed by atoms with Gasteiger partial charge in [0.1, 0.15) is 0 Å². The summed E-state index contributed by atoms with van der Waals surface area (Å²) in [7, 11) is 0. The van der Waals surface area contributed by atoms with Gasteiger partial charge in [-0.3, -0.25) is 9.36 Å². The highest BCUT2D eigenvalue weighted by Crippen LogP contribution is 2.28. The molecule has 0 bridgehead atoms. The number of nitrogens with zero attached hydrogens (tertiary/aromatic N) is 2. The molecule has 2 aromatic carbocycles. The lowest BCUT2D eigenvalue weighted by Gasteiger charge is -2.16. The first-order valence-corrected chi connectivity index (χ1v) is 10.5. The van der Waals surface area contributed by atoms with E-state index in [1.165, 1.54) is 11.8 Å². The van der Waals surface area contributed by atoms with Crippen molar-refractivity contribution >= 4 is 39.3 Å². The lowest BCUT2D eigenvalue weighted by molar-refractivity contribution is -0.113. The summed E-state index contributed by atoms with van der Waals surface area (Å²) < 4.78 is 3.01. The Morgan fingerprint density at radius 3 is 2.67 bits per heavy atom. The maximum Gasteiger partial charge on any atom is 0.234 e. The third-order valence-electron chi connectivity index (χ3n) is 4.24. The number of para-hydroxylation sites is 1. The fourth-order valence-electron chi connectivity index (χ4n) is 2.84. The second-order valence-corrected chi connectivity index (χ2v) is 8.45. The summed E-state index contributed by atoms with van der Waals surface area (Å²) in [4.78, 5) is 16.9. The van der Waals surface area contributed by atoms with Crippen LogP contribution in [0.4, 0.5) is 5.69 Å². The van der Waals surface area contributed by atoms with E-state index in [1.807, 2.05) is 54.1 Å². The predicted octanol–water partition coefficient (Wildman–Crippen LogP) is 5.80. The Bertz CT molecular complexity index is 935. The van der Waals surface area contributed by atoms with Gasteiger partial charge in [-0.15, -0.1) is 0 Å². The van der Waals surface area contributed by atoms with Crippen LogP contribution in [0.1, 0.15) is 30.9 Å². The van der Waals surface area contributed by atoms with Crippen LogP contribution in [0.15, 0.2) is 64.5 Å². The maximum absolute atomic E-state index is 12.6. The molecule has 1 N–H and O–H groups in total. The zero-order valence-electron chi connectivity index (χ0n) is 15.6. The third-order valence-corrected chi connectivity index (χ3v) is 5.73. The average Bonchev–Trinajstić information content (AvgIpc) is 3.10. The Labute approximate surface area is 172 Å². The number of halogens is 1. The Morgan fingerprint density at radius 1 is 1.22 bits per heavy atom. The van der Waals surface area contributed by atoms with E-state index in [1.54, 1.807) is 6.20 Å². The van der Waals surface area contributed by atoms with E-state index in [9.17, 15) is 4.79 Å². The highest BCUT2D eigenvalue weighted by molar-refractivity contribution is 9.10. The fourth-order valence-corrected chi connectivity index (χ4v) is 3.88. The van der Waals surface area contributed by atoms with Gasteiger partial charge in [-0.2, -0.15) is 0 Å². The van der Waals surface area contributed by atoms with E-state index < -0.39 is 0 Å². The first kappa shape index (κ1) is 19.7. The van der Waals surface area contributed by atoms with Crippen LogP contribution in [-0.2, 0) is 4.79 Å². The molecule has 4 nitrogen and oxygen atoms in total.